The molecule has 0 aliphatic rings. The van der Waals surface area contributed by atoms with E-state index in [-0.39, 0.29) is 11.8 Å². The topological polar surface area (TPSA) is 101 Å². The van der Waals surface area contributed by atoms with Crippen molar-refractivity contribution in [1.82, 2.24) is 20.5 Å². The van der Waals surface area contributed by atoms with Gasteiger partial charge in [0.1, 0.15) is 5.60 Å². The predicted octanol–water partition coefficient (Wildman–Crippen LogP) is 3.54. The number of carbonyl (C=O) groups excluding carboxylic acids is 3. The molecule has 0 unspecified atom stereocenters. The summed E-state index contributed by atoms with van der Waals surface area (Å²) in [5.41, 5.74) is 0.918. The zero-order valence-corrected chi connectivity index (χ0v) is 19.7. The Morgan fingerprint density at radius 3 is 2.36 bits per heavy atom. The fourth-order valence-corrected chi connectivity index (χ4v) is 3.00. The number of aromatic nitrogens is 1. The number of hydrogen-bond donors (Lipinski definition) is 2. The molecule has 0 saturated heterocycles. The maximum atomic E-state index is 12.6. The molecule has 0 saturated carbocycles. The van der Waals surface area contributed by atoms with Crippen molar-refractivity contribution in [2.24, 2.45) is 0 Å². The van der Waals surface area contributed by atoms with Crippen molar-refractivity contribution in [2.75, 3.05) is 19.6 Å². The standard InChI is InChI=1S/C25H34N4O4/c1-25(2,3)33-24(32)29(19-20-10-7-14-26-18-20)17-9-16-27-22(30)13-8-15-28-23(31)21-11-5-4-6-12-21/h4-7,10-12,14,18H,8-9,13,15-17,19H2,1-3H3,(H,27,30)(H,28,31). The highest BCUT2D eigenvalue weighted by Crippen LogP contribution is 2.12. The summed E-state index contributed by atoms with van der Waals surface area (Å²) in [5, 5.41) is 5.67. The molecule has 2 N–H and O–H groups in total. The van der Waals surface area contributed by atoms with Crippen LogP contribution in [0.4, 0.5) is 4.79 Å². The van der Waals surface area contributed by atoms with E-state index in [9.17, 15) is 14.4 Å². The van der Waals surface area contributed by atoms with E-state index in [2.05, 4.69) is 15.6 Å². The Morgan fingerprint density at radius 2 is 1.70 bits per heavy atom. The molecule has 0 spiro atoms. The normalized spacial score (nSPS) is 10.9. The van der Waals surface area contributed by atoms with E-state index in [1.807, 2.05) is 51.1 Å². The van der Waals surface area contributed by atoms with Gasteiger partial charge in [-0.15, -0.1) is 0 Å². The van der Waals surface area contributed by atoms with Crippen LogP contribution in [0.1, 0.15) is 56.0 Å². The highest BCUT2D eigenvalue weighted by atomic mass is 16.6. The molecule has 1 aromatic carbocycles. The Kier molecular flexibility index (Phi) is 10.3. The van der Waals surface area contributed by atoms with Gasteiger partial charge in [-0.1, -0.05) is 24.3 Å². The van der Waals surface area contributed by atoms with Gasteiger partial charge in [0.2, 0.25) is 5.91 Å². The molecule has 0 bridgehead atoms. The van der Waals surface area contributed by atoms with Crippen molar-refractivity contribution in [3.05, 3.63) is 66.0 Å². The minimum Gasteiger partial charge on any atom is -0.444 e. The Balaban J connectivity index is 1.69. The maximum absolute atomic E-state index is 12.6. The molecule has 3 amide bonds. The van der Waals surface area contributed by atoms with Gasteiger partial charge in [-0.05, 0) is 57.4 Å². The van der Waals surface area contributed by atoms with Crippen molar-refractivity contribution in [1.29, 1.82) is 0 Å². The van der Waals surface area contributed by atoms with Crippen LogP contribution < -0.4 is 10.6 Å². The summed E-state index contributed by atoms with van der Waals surface area (Å²) in [5.74, 6) is -0.230. The van der Waals surface area contributed by atoms with Crippen molar-refractivity contribution in [3.63, 3.8) is 0 Å². The van der Waals surface area contributed by atoms with E-state index >= 15 is 0 Å². The second-order valence-electron chi connectivity index (χ2n) is 8.69. The van der Waals surface area contributed by atoms with Crippen molar-refractivity contribution < 1.29 is 19.1 Å². The van der Waals surface area contributed by atoms with Crippen LogP contribution in [-0.2, 0) is 16.1 Å². The number of hydrogen-bond acceptors (Lipinski definition) is 5. The van der Waals surface area contributed by atoms with Crippen LogP contribution >= 0.6 is 0 Å². The van der Waals surface area contributed by atoms with Crippen LogP contribution in [-0.4, -0.2) is 53.0 Å². The Bertz CT molecular complexity index is 882. The summed E-state index contributed by atoms with van der Waals surface area (Å²) >= 11 is 0. The molecule has 0 aliphatic carbocycles. The molecule has 1 aromatic heterocycles. The van der Waals surface area contributed by atoms with Gasteiger partial charge in [-0.2, -0.15) is 0 Å². The second kappa shape index (κ2) is 13.2. The number of rotatable bonds is 11. The van der Waals surface area contributed by atoms with Gasteiger partial charge in [0.25, 0.3) is 5.91 Å². The Morgan fingerprint density at radius 1 is 0.970 bits per heavy atom. The van der Waals surface area contributed by atoms with E-state index in [0.29, 0.717) is 51.0 Å². The number of benzene rings is 1. The van der Waals surface area contributed by atoms with E-state index in [1.54, 1.807) is 29.4 Å². The van der Waals surface area contributed by atoms with Gasteiger partial charge >= 0.3 is 6.09 Å². The predicted molar refractivity (Wildman–Crippen MR) is 127 cm³/mol. The SMILES string of the molecule is CC(C)(C)OC(=O)N(CCCNC(=O)CCCNC(=O)c1ccccc1)Cc1cccnc1. The van der Waals surface area contributed by atoms with Gasteiger partial charge in [0.15, 0.2) is 0 Å². The van der Waals surface area contributed by atoms with Crippen LogP contribution in [0, 0.1) is 0 Å². The quantitative estimate of drug-likeness (QED) is 0.506. The van der Waals surface area contributed by atoms with E-state index < -0.39 is 11.7 Å². The third-order valence-electron chi connectivity index (χ3n) is 4.58. The first-order valence-electron chi connectivity index (χ1n) is 11.2. The third-order valence-corrected chi connectivity index (χ3v) is 4.58. The monoisotopic (exact) mass is 454 g/mol. The molecule has 178 valence electrons. The molecule has 8 heteroatoms. The lowest BCUT2D eigenvalue weighted by molar-refractivity contribution is -0.121. The molecule has 8 nitrogen and oxygen atoms in total. The Hall–Kier alpha value is -3.42. The van der Waals surface area contributed by atoms with Gasteiger partial charge < -0.3 is 20.3 Å². The lowest BCUT2D eigenvalue weighted by atomic mass is 10.2. The molecule has 0 atom stereocenters. The Labute approximate surface area is 195 Å². The van der Waals surface area contributed by atoms with E-state index in [0.717, 1.165) is 5.56 Å². The molecular formula is C25H34N4O4. The molecule has 2 aromatic rings. The number of pyridine rings is 1. The van der Waals surface area contributed by atoms with Gasteiger partial charge in [0, 0.05) is 44.0 Å². The first kappa shape index (κ1) is 25.8. The zero-order valence-electron chi connectivity index (χ0n) is 19.7. The smallest absolute Gasteiger partial charge is 0.410 e. The molecular weight excluding hydrogens is 420 g/mol. The first-order chi connectivity index (χ1) is 15.7. The minimum atomic E-state index is -0.589. The van der Waals surface area contributed by atoms with E-state index in [1.165, 1.54) is 0 Å². The highest BCUT2D eigenvalue weighted by Gasteiger charge is 2.22. The summed E-state index contributed by atoms with van der Waals surface area (Å²) in [4.78, 5) is 42.4. The highest BCUT2D eigenvalue weighted by molar-refractivity contribution is 5.94. The van der Waals surface area contributed by atoms with Crippen LogP contribution in [0.25, 0.3) is 0 Å². The number of nitrogens with zero attached hydrogens (tertiary/aromatic N) is 2. The fourth-order valence-electron chi connectivity index (χ4n) is 3.00. The molecule has 0 radical (unpaired) electrons. The van der Waals surface area contributed by atoms with Gasteiger partial charge in [0.05, 0.1) is 6.54 Å². The fraction of sp³-hybridized carbons (Fsp3) is 0.440. The summed E-state index contributed by atoms with van der Waals surface area (Å²) < 4.78 is 5.51. The summed E-state index contributed by atoms with van der Waals surface area (Å²) in [6.45, 7) is 7.19. The summed E-state index contributed by atoms with van der Waals surface area (Å²) in [6, 6.07) is 12.7. The van der Waals surface area contributed by atoms with Crippen molar-refractivity contribution in [2.45, 2.75) is 52.2 Å². The van der Waals surface area contributed by atoms with Gasteiger partial charge in [-0.3, -0.25) is 14.6 Å². The van der Waals surface area contributed by atoms with Crippen LogP contribution in [0.5, 0.6) is 0 Å². The largest absolute Gasteiger partial charge is 0.444 e. The summed E-state index contributed by atoms with van der Waals surface area (Å²) in [6.07, 6.45) is 4.47. The molecule has 0 fully saturated rings. The first-order valence-corrected chi connectivity index (χ1v) is 11.2. The van der Waals surface area contributed by atoms with Crippen LogP contribution in [0.3, 0.4) is 0 Å². The average Bonchev–Trinajstić information content (AvgIpc) is 2.78. The van der Waals surface area contributed by atoms with Gasteiger partial charge in [-0.25, -0.2) is 4.79 Å². The number of carbonyl (C=O) groups is 3. The summed E-state index contributed by atoms with van der Waals surface area (Å²) in [7, 11) is 0. The number of nitrogens with one attached hydrogen (secondary N) is 2. The second-order valence-corrected chi connectivity index (χ2v) is 8.69. The maximum Gasteiger partial charge on any atom is 0.410 e. The van der Waals surface area contributed by atoms with Crippen LogP contribution in [0.2, 0.25) is 0 Å². The number of ether oxygens (including phenoxy) is 1. The molecule has 1 heterocycles. The van der Waals surface area contributed by atoms with E-state index in [4.69, 9.17) is 4.74 Å². The average molecular weight is 455 g/mol. The zero-order chi connectivity index (χ0) is 24.1. The molecule has 33 heavy (non-hydrogen) atoms. The number of amides is 3. The minimum absolute atomic E-state index is 0.0833. The van der Waals surface area contributed by atoms with Crippen molar-refractivity contribution in [3.8, 4) is 0 Å². The molecule has 0 aliphatic heterocycles. The van der Waals surface area contributed by atoms with Crippen molar-refractivity contribution >= 4 is 17.9 Å². The lowest BCUT2D eigenvalue weighted by Gasteiger charge is -2.27. The third kappa shape index (κ3) is 10.6. The molecule has 2 rings (SSSR count). The lowest BCUT2D eigenvalue weighted by Crippen LogP contribution is -2.38. The van der Waals surface area contributed by atoms with Crippen LogP contribution in [0.15, 0.2) is 54.9 Å².